The number of aliphatic hydroxyl groups is 1. The van der Waals surface area contributed by atoms with Crippen LogP contribution in [0.5, 0.6) is 0 Å². The lowest BCUT2D eigenvalue weighted by Gasteiger charge is -2.10. The van der Waals surface area contributed by atoms with Gasteiger partial charge in [0.1, 0.15) is 17.9 Å². The van der Waals surface area contributed by atoms with Crippen molar-refractivity contribution < 1.29 is 9.52 Å². The van der Waals surface area contributed by atoms with Gasteiger partial charge in [0.05, 0.1) is 12.4 Å². The summed E-state index contributed by atoms with van der Waals surface area (Å²) in [5, 5.41) is 14.3. The van der Waals surface area contributed by atoms with Gasteiger partial charge in [0.25, 0.3) is 0 Å². The molecule has 1 N–H and O–H groups in total. The zero-order chi connectivity index (χ0) is 12.3. The van der Waals surface area contributed by atoms with Crippen LogP contribution in [0.2, 0.25) is 0 Å². The molecule has 2 rings (SSSR count). The van der Waals surface area contributed by atoms with Gasteiger partial charge in [0.15, 0.2) is 0 Å². The zero-order valence-electron chi connectivity index (χ0n) is 10.1. The van der Waals surface area contributed by atoms with Crippen molar-refractivity contribution in [2.45, 2.75) is 39.3 Å². The third kappa shape index (κ3) is 2.39. The summed E-state index contributed by atoms with van der Waals surface area (Å²) in [4.78, 5) is 4.15. The second-order valence-corrected chi connectivity index (χ2v) is 3.86. The fraction of sp³-hybridized carbons (Fsp3) is 0.500. The average molecular weight is 235 g/mol. The average Bonchev–Trinajstić information content (AvgIpc) is 2.96. The van der Waals surface area contributed by atoms with Crippen molar-refractivity contribution in [3.63, 3.8) is 0 Å². The molecule has 0 bridgehead atoms. The van der Waals surface area contributed by atoms with Crippen molar-refractivity contribution in [1.29, 1.82) is 0 Å². The van der Waals surface area contributed by atoms with E-state index in [0.717, 1.165) is 30.1 Å². The van der Waals surface area contributed by atoms with E-state index in [1.807, 2.05) is 19.9 Å². The highest BCUT2D eigenvalue weighted by molar-refractivity contribution is 5.20. The van der Waals surface area contributed by atoms with Gasteiger partial charge in [-0.2, -0.15) is 5.10 Å². The summed E-state index contributed by atoms with van der Waals surface area (Å²) in [6.45, 7) is 4.76. The first-order valence-electron chi connectivity index (χ1n) is 5.87. The van der Waals surface area contributed by atoms with Crippen LogP contribution in [0.4, 0.5) is 0 Å². The smallest absolute Gasteiger partial charge is 0.138 e. The minimum absolute atomic E-state index is 0.459. The van der Waals surface area contributed by atoms with Crippen molar-refractivity contribution in [3.8, 4) is 0 Å². The molecule has 1 unspecified atom stereocenters. The van der Waals surface area contributed by atoms with Crippen LogP contribution in [-0.2, 0) is 19.4 Å². The molecule has 0 aliphatic carbocycles. The van der Waals surface area contributed by atoms with Gasteiger partial charge in [-0.15, -0.1) is 0 Å². The van der Waals surface area contributed by atoms with Gasteiger partial charge in [0.2, 0.25) is 0 Å². The van der Waals surface area contributed by atoms with E-state index in [9.17, 15) is 5.11 Å². The van der Waals surface area contributed by atoms with Gasteiger partial charge in [0, 0.05) is 24.9 Å². The van der Waals surface area contributed by atoms with Crippen LogP contribution < -0.4 is 0 Å². The highest BCUT2D eigenvalue weighted by Crippen LogP contribution is 2.22. The molecule has 0 aliphatic heterocycles. The quantitative estimate of drug-likeness (QED) is 0.857. The van der Waals surface area contributed by atoms with Gasteiger partial charge >= 0.3 is 0 Å². The van der Waals surface area contributed by atoms with E-state index >= 15 is 0 Å². The summed E-state index contributed by atoms with van der Waals surface area (Å²) in [6.07, 6.45) is 3.78. The largest absolute Gasteiger partial charge is 0.469 e. The second-order valence-electron chi connectivity index (χ2n) is 3.86. The van der Waals surface area contributed by atoms with E-state index in [2.05, 4.69) is 10.1 Å². The van der Waals surface area contributed by atoms with Gasteiger partial charge in [-0.05, 0) is 13.0 Å². The van der Waals surface area contributed by atoms with Crippen LogP contribution in [0.15, 0.2) is 23.1 Å². The van der Waals surface area contributed by atoms with Crippen LogP contribution in [0, 0.1) is 0 Å². The standard InChI is InChI=1S/C12H17N3O2/c1-3-11-9(5-6-17-11)10(16)7-12-13-8-14-15(12)4-2/h5-6,8,10,16H,3-4,7H2,1-2H3. The summed E-state index contributed by atoms with van der Waals surface area (Å²) >= 11 is 0. The van der Waals surface area contributed by atoms with Crippen LogP contribution in [0.1, 0.15) is 37.1 Å². The van der Waals surface area contributed by atoms with E-state index in [0.29, 0.717) is 6.42 Å². The van der Waals surface area contributed by atoms with Gasteiger partial charge in [-0.1, -0.05) is 6.92 Å². The zero-order valence-corrected chi connectivity index (χ0v) is 10.1. The molecule has 0 radical (unpaired) electrons. The molecule has 0 fully saturated rings. The Morgan fingerprint density at radius 3 is 3.00 bits per heavy atom. The molecule has 92 valence electrons. The summed E-state index contributed by atoms with van der Waals surface area (Å²) < 4.78 is 7.09. The monoisotopic (exact) mass is 235 g/mol. The van der Waals surface area contributed by atoms with E-state index in [1.165, 1.54) is 6.33 Å². The first-order chi connectivity index (χ1) is 8.26. The Labute approximate surface area is 100 Å². The lowest BCUT2D eigenvalue weighted by molar-refractivity contribution is 0.171. The molecule has 0 aliphatic rings. The Morgan fingerprint density at radius 2 is 2.29 bits per heavy atom. The maximum absolute atomic E-state index is 10.2. The molecule has 0 spiro atoms. The fourth-order valence-electron chi connectivity index (χ4n) is 1.93. The van der Waals surface area contributed by atoms with Crippen molar-refractivity contribution >= 4 is 0 Å². The fourth-order valence-corrected chi connectivity index (χ4v) is 1.93. The number of aromatic nitrogens is 3. The van der Waals surface area contributed by atoms with E-state index in [4.69, 9.17) is 4.42 Å². The third-order valence-corrected chi connectivity index (χ3v) is 2.83. The topological polar surface area (TPSA) is 64.1 Å². The van der Waals surface area contributed by atoms with Crippen LogP contribution in [-0.4, -0.2) is 19.9 Å². The molecule has 17 heavy (non-hydrogen) atoms. The summed E-state index contributed by atoms with van der Waals surface area (Å²) in [6, 6.07) is 1.82. The predicted octanol–water partition coefficient (Wildman–Crippen LogP) is 1.73. The Bertz CT molecular complexity index is 476. The molecule has 0 saturated carbocycles. The third-order valence-electron chi connectivity index (χ3n) is 2.83. The number of hydrogen-bond acceptors (Lipinski definition) is 4. The second kappa shape index (κ2) is 5.14. The maximum Gasteiger partial charge on any atom is 0.138 e. The Balaban J connectivity index is 2.14. The first-order valence-corrected chi connectivity index (χ1v) is 5.87. The Kier molecular flexibility index (Phi) is 3.58. The van der Waals surface area contributed by atoms with Crippen molar-refractivity contribution in [2.24, 2.45) is 0 Å². The van der Waals surface area contributed by atoms with Crippen molar-refractivity contribution in [2.75, 3.05) is 0 Å². The maximum atomic E-state index is 10.2. The number of furan rings is 1. The predicted molar refractivity (Wildman–Crippen MR) is 62.4 cm³/mol. The summed E-state index contributed by atoms with van der Waals surface area (Å²) in [5.74, 6) is 1.63. The lowest BCUT2D eigenvalue weighted by atomic mass is 10.1. The lowest BCUT2D eigenvalue weighted by Crippen LogP contribution is -2.10. The van der Waals surface area contributed by atoms with Crippen LogP contribution in [0.25, 0.3) is 0 Å². The molecular weight excluding hydrogens is 218 g/mol. The molecular formula is C12H17N3O2. The molecule has 1 atom stereocenters. The number of aliphatic hydroxyl groups excluding tert-OH is 1. The number of nitrogens with zero attached hydrogens (tertiary/aromatic N) is 3. The molecule has 0 aromatic carbocycles. The van der Waals surface area contributed by atoms with Crippen molar-refractivity contribution in [3.05, 3.63) is 35.8 Å². The number of rotatable bonds is 5. The van der Waals surface area contributed by atoms with Crippen molar-refractivity contribution in [1.82, 2.24) is 14.8 Å². The van der Waals surface area contributed by atoms with Crippen LogP contribution >= 0.6 is 0 Å². The SMILES string of the molecule is CCc1occc1C(O)Cc1ncnn1CC. The minimum atomic E-state index is -0.585. The summed E-state index contributed by atoms with van der Waals surface area (Å²) in [7, 11) is 0. The normalized spacial score (nSPS) is 12.9. The molecule has 5 nitrogen and oxygen atoms in total. The van der Waals surface area contributed by atoms with Gasteiger partial charge in [-0.25, -0.2) is 4.98 Å². The molecule has 5 heteroatoms. The summed E-state index contributed by atoms with van der Waals surface area (Å²) in [5.41, 5.74) is 0.846. The van der Waals surface area contributed by atoms with Gasteiger partial charge < -0.3 is 9.52 Å². The highest BCUT2D eigenvalue weighted by Gasteiger charge is 2.17. The first kappa shape index (κ1) is 11.9. The van der Waals surface area contributed by atoms with E-state index in [-0.39, 0.29) is 0 Å². The molecule has 0 saturated heterocycles. The van der Waals surface area contributed by atoms with E-state index < -0.39 is 6.10 Å². The minimum Gasteiger partial charge on any atom is -0.469 e. The van der Waals surface area contributed by atoms with Crippen LogP contribution in [0.3, 0.4) is 0 Å². The Morgan fingerprint density at radius 1 is 1.47 bits per heavy atom. The molecule has 2 aromatic heterocycles. The molecule has 0 amide bonds. The van der Waals surface area contributed by atoms with E-state index in [1.54, 1.807) is 10.9 Å². The highest BCUT2D eigenvalue weighted by atomic mass is 16.3. The number of hydrogen-bond donors (Lipinski definition) is 1. The molecule has 2 aromatic rings. The number of aryl methyl sites for hydroxylation is 2. The Hall–Kier alpha value is -1.62. The van der Waals surface area contributed by atoms with Gasteiger partial charge in [-0.3, -0.25) is 4.68 Å². The molecule has 2 heterocycles.